The third-order valence-corrected chi connectivity index (χ3v) is 9.54. The van der Waals surface area contributed by atoms with Crippen LogP contribution in [0, 0.1) is 46.5 Å². The van der Waals surface area contributed by atoms with Crippen molar-refractivity contribution in [2.75, 3.05) is 38.5 Å². The van der Waals surface area contributed by atoms with E-state index in [1.54, 1.807) is 26.8 Å². The fourth-order valence-corrected chi connectivity index (χ4v) is 5.35. The molecule has 0 spiro atoms. The fraction of sp³-hybridized carbons (Fsp3) is 0.400. The Morgan fingerprint density at radius 1 is 0.594 bits per heavy atom. The number of pyridine rings is 2. The molecule has 16 nitrogen and oxygen atoms in total. The quantitative estimate of drug-likeness (QED) is 0.0591. The van der Waals surface area contributed by atoms with Crippen LogP contribution in [0.3, 0.4) is 0 Å². The summed E-state index contributed by atoms with van der Waals surface area (Å²) in [5.41, 5.74) is 3.14. The van der Waals surface area contributed by atoms with E-state index in [0.29, 0.717) is 11.1 Å². The minimum absolute atomic E-state index is 0.00153. The van der Waals surface area contributed by atoms with Crippen molar-refractivity contribution in [3.63, 3.8) is 0 Å². The van der Waals surface area contributed by atoms with Crippen LogP contribution in [0.4, 0.5) is 51.6 Å². The average molecular weight is 987 g/mol. The maximum atomic E-state index is 13.9. The molecule has 5 N–H and O–H groups in total. The predicted octanol–water partition coefficient (Wildman–Crippen LogP) is 6.41. The number of hydrogen-bond donors (Lipinski definition) is 4. The zero-order chi connectivity index (χ0) is 52.2. The number of hydrogen-bond acceptors (Lipinski definition) is 13. The second-order valence-corrected chi connectivity index (χ2v) is 16.8. The minimum Gasteiger partial charge on any atom is -0.479 e. The molecule has 3 amide bonds. The van der Waals surface area contributed by atoms with Crippen LogP contribution < -0.4 is 31.2 Å². The largest absolute Gasteiger partial charge is 0.479 e. The van der Waals surface area contributed by atoms with Crippen molar-refractivity contribution < 1.29 is 82.8 Å². The van der Waals surface area contributed by atoms with Gasteiger partial charge in [0.2, 0.25) is 23.3 Å². The lowest BCUT2D eigenvalue weighted by Crippen LogP contribution is -2.52. The monoisotopic (exact) mass is 986 g/mol. The number of nitrogen functional groups attached to an aromatic ring is 1. The third kappa shape index (κ3) is 16.4. The highest BCUT2D eigenvalue weighted by Gasteiger charge is 2.34. The van der Waals surface area contributed by atoms with Gasteiger partial charge < -0.3 is 40.1 Å². The van der Waals surface area contributed by atoms with Gasteiger partial charge in [-0.25, -0.2) is 32.3 Å². The van der Waals surface area contributed by atoms with Crippen LogP contribution in [0.25, 0.3) is 0 Å². The van der Waals surface area contributed by atoms with Gasteiger partial charge in [0.25, 0.3) is 11.8 Å². The number of ketones is 2. The van der Waals surface area contributed by atoms with Crippen LogP contribution in [-0.4, -0.2) is 95.8 Å². The van der Waals surface area contributed by atoms with E-state index in [1.165, 1.54) is 72.5 Å². The molecule has 2 unspecified atom stereocenters. The van der Waals surface area contributed by atoms with Gasteiger partial charge in [-0.3, -0.25) is 24.5 Å². The standard InChI is InChI=1S/C25H29F4N3O6.C20H21F4N3O4/c1-24(2,3)38-23(35)32-18-10-13(7-8-30-18)9-16(31-22(34)25(4,5)36-6)17(33)12-37-21-19(28)14(26)11-15(27)20(21)29;1-20(2,30-3)19(29)27-13(6-10-4-5-26-15(25)7-10)14(28)9-31-18-16(23)11(21)8-12(22)17(18)24/h7-8,10-11,16H,9,12H2,1-6H3,(H,31,34)(H,30,32,35);4-5,7-8,13H,6,9H2,1-3H3,(H2,25,26)(H,27,29). The molecule has 0 aliphatic rings. The topological polar surface area (TPSA) is 219 Å². The zero-order valence-electron chi connectivity index (χ0n) is 38.7. The summed E-state index contributed by atoms with van der Waals surface area (Å²) >= 11 is 0. The van der Waals surface area contributed by atoms with Crippen molar-refractivity contribution in [3.05, 3.63) is 106 Å². The summed E-state index contributed by atoms with van der Waals surface area (Å²) < 4.78 is 134. The van der Waals surface area contributed by atoms with Crippen molar-refractivity contribution >= 4 is 41.1 Å². The Kier molecular flexibility index (Phi) is 19.5. The molecule has 2 aromatic carbocycles. The molecule has 69 heavy (non-hydrogen) atoms. The zero-order valence-corrected chi connectivity index (χ0v) is 38.7. The van der Waals surface area contributed by atoms with Crippen LogP contribution in [0.5, 0.6) is 11.5 Å². The number of halogens is 8. The van der Waals surface area contributed by atoms with Gasteiger partial charge in [0, 0.05) is 51.6 Å². The summed E-state index contributed by atoms with van der Waals surface area (Å²) in [6.07, 6.45) is 1.71. The second-order valence-electron chi connectivity index (χ2n) is 16.8. The van der Waals surface area contributed by atoms with Crippen LogP contribution in [0.15, 0.2) is 48.8 Å². The van der Waals surface area contributed by atoms with Gasteiger partial charge in [-0.15, -0.1) is 0 Å². The van der Waals surface area contributed by atoms with Crippen molar-refractivity contribution in [3.8, 4) is 11.5 Å². The van der Waals surface area contributed by atoms with Crippen molar-refractivity contribution in [2.45, 2.75) is 90.2 Å². The molecular formula is C45H50F8N6O10. The Morgan fingerprint density at radius 3 is 1.33 bits per heavy atom. The summed E-state index contributed by atoms with van der Waals surface area (Å²) in [7, 11) is 2.58. The van der Waals surface area contributed by atoms with Gasteiger partial charge in [-0.2, -0.15) is 17.6 Å². The van der Waals surface area contributed by atoms with Gasteiger partial charge in [-0.05, 0) is 83.9 Å². The molecular weight excluding hydrogens is 937 g/mol. The lowest BCUT2D eigenvalue weighted by atomic mass is 10.0. The maximum absolute atomic E-state index is 13.9. The van der Waals surface area contributed by atoms with E-state index in [-0.39, 0.29) is 36.6 Å². The Bertz CT molecular complexity index is 2470. The van der Waals surface area contributed by atoms with Crippen LogP contribution in [-0.2, 0) is 46.2 Å². The average Bonchev–Trinajstić information content (AvgIpc) is 3.26. The number of nitrogens with two attached hydrogens (primary N) is 1. The highest BCUT2D eigenvalue weighted by molar-refractivity contribution is 5.94. The summed E-state index contributed by atoms with van der Waals surface area (Å²) in [6.45, 7) is 8.82. The number of amides is 3. The first kappa shape index (κ1) is 56.4. The summed E-state index contributed by atoms with van der Waals surface area (Å²) in [6, 6.07) is 3.38. The fourth-order valence-electron chi connectivity index (χ4n) is 5.35. The number of ether oxygens (including phenoxy) is 5. The number of rotatable bonds is 19. The Labute approximate surface area is 390 Å². The number of benzene rings is 2. The number of carbonyl (C=O) groups is 5. The number of carbonyl (C=O) groups excluding carboxylic acids is 5. The summed E-state index contributed by atoms with van der Waals surface area (Å²) in [4.78, 5) is 70.7. The molecule has 0 radical (unpaired) electrons. The molecule has 24 heteroatoms. The van der Waals surface area contributed by atoms with Crippen LogP contribution >= 0.6 is 0 Å². The van der Waals surface area contributed by atoms with E-state index < -0.39 is 130 Å². The number of Topliss-reactive ketones (excluding diaryl/α,β-unsaturated/α-hetero) is 2. The number of nitrogens with one attached hydrogen (secondary N) is 3. The lowest BCUT2D eigenvalue weighted by Gasteiger charge is -2.26. The predicted molar refractivity (Wildman–Crippen MR) is 230 cm³/mol. The van der Waals surface area contributed by atoms with Gasteiger partial charge in [0.1, 0.15) is 41.7 Å². The molecule has 2 aromatic heterocycles. The SMILES string of the molecule is COC(C)(C)C(=O)NC(Cc1ccnc(N)c1)C(=O)COc1c(F)c(F)cc(F)c1F.COC(C)(C)C(=O)NC(Cc1ccnc(NC(=O)OC(C)(C)C)c1)C(=O)COc1c(F)c(F)cc(F)c1F. The van der Waals surface area contributed by atoms with E-state index in [2.05, 4.69) is 25.9 Å². The van der Waals surface area contributed by atoms with Crippen molar-refractivity contribution in [1.82, 2.24) is 20.6 Å². The van der Waals surface area contributed by atoms with Gasteiger partial charge in [0.15, 0.2) is 46.3 Å². The van der Waals surface area contributed by atoms with E-state index in [4.69, 9.17) is 29.4 Å². The highest BCUT2D eigenvalue weighted by Crippen LogP contribution is 2.28. The van der Waals surface area contributed by atoms with Gasteiger partial charge >= 0.3 is 6.09 Å². The number of anilines is 2. The number of aromatic nitrogens is 2. The lowest BCUT2D eigenvalue weighted by molar-refractivity contribution is -0.142. The molecule has 0 aliphatic carbocycles. The Hall–Kier alpha value is -6.95. The Morgan fingerprint density at radius 2 is 0.971 bits per heavy atom. The van der Waals surface area contributed by atoms with E-state index in [0.717, 1.165) is 0 Å². The molecule has 0 aliphatic heterocycles. The van der Waals surface area contributed by atoms with Crippen LogP contribution in [0.2, 0.25) is 0 Å². The molecule has 0 fully saturated rings. The van der Waals surface area contributed by atoms with E-state index in [9.17, 15) is 59.1 Å². The minimum atomic E-state index is -1.82. The van der Waals surface area contributed by atoms with Gasteiger partial charge in [0.05, 0.1) is 12.1 Å². The first-order valence-corrected chi connectivity index (χ1v) is 20.3. The smallest absolute Gasteiger partial charge is 0.413 e. The third-order valence-electron chi connectivity index (χ3n) is 9.54. The highest BCUT2D eigenvalue weighted by atomic mass is 19.2. The molecule has 2 atom stereocenters. The Balaban J connectivity index is 0.000000373. The molecule has 0 saturated heterocycles. The van der Waals surface area contributed by atoms with E-state index >= 15 is 0 Å². The molecule has 376 valence electrons. The molecule has 2 heterocycles. The van der Waals surface area contributed by atoms with E-state index in [1.807, 2.05) is 0 Å². The van der Waals surface area contributed by atoms with Gasteiger partial charge in [-0.1, -0.05) is 0 Å². The first-order valence-electron chi connectivity index (χ1n) is 20.3. The first-order chi connectivity index (χ1) is 32.0. The summed E-state index contributed by atoms with van der Waals surface area (Å²) in [5.74, 6) is -19.6. The van der Waals surface area contributed by atoms with Crippen LogP contribution in [0.1, 0.15) is 59.6 Å². The second kappa shape index (κ2) is 23.9. The molecule has 0 bridgehead atoms. The molecule has 0 saturated carbocycles. The normalized spacial score (nSPS) is 12.4. The maximum Gasteiger partial charge on any atom is 0.413 e. The molecule has 4 rings (SSSR count). The summed E-state index contributed by atoms with van der Waals surface area (Å²) in [5, 5.41) is 7.39. The molecule has 4 aromatic rings. The number of nitrogens with zero attached hydrogens (tertiary/aromatic N) is 2. The number of methoxy groups -OCH3 is 2. The van der Waals surface area contributed by atoms with Crippen molar-refractivity contribution in [1.29, 1.82) is 0 Å². The van der Waals surface area contributed by atoms with Crippen molar-refractivity contribution in [2.24, 2.45) is 0 Å².